The van der Waals surface area contributed by atoms with Crippen molar-refractivity contribution >= 4 is 5.69 Å². The number of aromatic nitrogens is 2. The minimum absolute atomic E-state index is 0.618. The lowest BCUT2D eigenvalue weighted by molar-refractivity contribution is 0.398. The van der Waals surface area contributed by atoms with Gasteiger partial charge in [0.25, 0.3) is 0 Å². The molecule has 0 aliphatic carbocycles. The lowest BCUT2D eigenvalue weighted by Crippen LogP contribution is -2.06. The molecule has 0 bridgehead atoms. The van der Waals surface area contributed by atoms with Gasteiger partial charge in [-0.1, -0.05) is 6.07 Å². The highest BCUT2D eigenvalue weighted by molar-refractivity contribution is 5.44. The van der Waals surface area contributed by atoms with E-state index in [0.29, 0.717) is 5.88 Å². The zero-order valence-electron chi connectivity index (χ0n) is 9.76. The zero-order valence-corrected chi connectivity index (χ0v) is 9.76. The van der Waals surface area contributed by atoms with Gasteiger partial charge in [0.15, 0.2) is 0 Å². The van der Waals surface area contributed by atoms with Crippen molar-refractivity contribution in [3.8, 4) is 5.88 Å². The molecular weight excluding hydrogens is 214 g/mol. The molecule has 0 amide bonds. The number of anilines is 1. The molecule has 2 aromatic heterocycles. The number of methoxy groups -OCH3 is 1. The van der Waals surface area contributed by atoms with E-state index in [2.05, 4.69) is 15.3 Å². The maximum atomic E-state index is 5.06. The minimum atomic E-state index is 0.618. The van der Waals surface area contributed by atoms with Gasteiger partial charge in [0.2, 0.25) is 5.88 Å². The third kappa shape index (κ3) is 3.45. The van der Waals surface area contributed by atoms with E-state index in [1.807, 2.05) is 36.5 Å². The van der Waals surface area contributed by atoms with Crippen molar-refractivity contribution in [2.24, 2.45) is 0 Å². The standard InChI is InChI=1S/C13H15N3O/c1-17-13-10-12(6-9-16-13)15-8-5-11-4-2-3-7-14-11/h2-4,6-7,9-10H,5,8H2,1H3,(H,15,16). The Balaban J connectivity index is 1.86. The molecule has 2 heterocycles. The summed E-state index contributed by atoms with van der Waals surface area (Å²) in [7, 11) is 1.61. The second-order valence-corrected chi connectivity index (χ2v) is 3.58. The van der Waals surface area contributed by atoms with Crippen LogP contribution < -0.4 is 10.1 Å². The molecule has 0 radical (unpaired) electrons. The normalized spacial score (nSPS) is 9.94. The smallest absolute Gasteiger partial charge is 0.214 e. The third-order valence-electron chi connectivity index (χ3n) is 2.38. The molecular formula is C13H15N3O. The van der Waals surface area contributed by atoms with Crippen LogP contribution >= 0.6 is 0 Å². The molecule has 0 saturated carbocycles. The lowest BCUT2D eigenvalue weighted by Gasteiger charge is -2.06. The van der Waals surface area contributed by atoms with Crippen molar-refractivity contribution in [3.63, 3.8) is 0 Å². The van der Waals surface area contributed by atoms with Crippen LogP contribution in [0.1, 0.15) is 5.69 Å². The number of nitrogens with one attached hydrogen (secondary N) is 1. The Labute approximate surface area is 101 Å². The van der Waals surface area contributed by atoms with Crippen molar-refractivity contribution in [2.45, 2.75) is 6.42 Å². The first-order valence-electron chi connectivity index (χ1n) is 5.52. The highest BCUT2D eigenvalue weighted by atomic mass is 16.5. The zero-order chi connectivity index (χ0) is 11.9. The highest BCUT2D eigenvalue weighted by Crippen LogP contribution is 2.13. The molecule has 0 aliphatic heterocycles. The van der Waals surface area contributed by atoms with Crippen molar-refractivity contribution in [3.05, 3.63) is 48.4 Å². The molecule has 88 valence electrons. The van der Waals surface area contributed by atoms with Crippen LogP contribution in [0.3, 0.4) is 0 Å². The average molecular weight is 229 g/mol. The lowest BCUT2D eigenvalue weighted by atomic mass is 10.2. The van der Waals surface area contributed by atoms with Crippen LogP contribution in [0.4, 0.5) is 5.69 Å². The minimum Gasteiger partial charge on any atom is -0.481 e. The van der Waals surface area contributed by atoms with E-state index in [4.69, 9.17) is 4.74 Å². The molecule has 1 N–H and O–H groups in total. The molecule has 0 spiro atoms. The van der Waals surface area contributed by atoms with Crippen LogP contribution in [0.2, 0.25) is 0 Å². The molecule has 0 saturated heterocycles. The second-order valence-electron chi connectivity index (χ2n) is 3.58. The van der Waals surface area contributed by atoms with E-state index < -0.39 is 0 Å². The van der Waals surface area contributed by atoms with Crippen LogP contribution in [-0.2, 0) is 6.42 Å². The predicted molar refractivity (Wildman–Crippen MR) is 67.2 cm³/mol. The molecule has 0 aromatic carbocycles. The molecule has 17 heavy (non-hydrogen) atoms. The topological polar surface area (TPSA) is 47.0 Å². The van der Waals surface area contributed by atoms with E-state index in [1.54, 1.807) is 13.3 Å². The molecule has 0 unspecified atom stereocenters. The molecule has 2 aromatic rings. The molecule has 2 rings (SSSR count). The monoisotopic (exact) mass is 229 g/mol. The van der Waals surface area contributed by atoms with Gasteiger partial charge >= 0.3 is 0 Å². The fraction of sp³-hybridized carbons (Fsp3) is 0.231. The summed E-state index contributed by atoms with van der Waals surface area (Å²) in [6.07, 6.45) is 4.43. The average Bonchev–Trinajstić information content (AvgIpc) is 2.40. The van der Waals surface area contributed by atoms with Gasteiger partial charge in [0.1, 0.15) is 0 Å². The van der Waals surface area contributed by atoms with Gasteiger partial charge in [-0.05, 0) is 18.2 Å². The van der Waals surface area contributed by atoms with Crippen LogP contribution in [0.25, 0.3) is 0 Å². The summed E-state index contributed by atoms with van der Waals surface area (Å²) in [5.74, 6) is 0.618. The van der Waals surface area contributed by atoms with E-state index in [0.717, 1.165) is 24.3 Å². The van der Waals surface area contributed by atoms with Crippen molar-refractivity contribution in [2.75, 3.05) is 19.0 Å². The number of rotatable bonds is 5. The van der Waals surface area contributed by atoms with E-state index >= 15 is 0 Å². The first-order valence-corrected chi connectivity index (χ1v) is 5.52. The predicted octanol–water partition coefficient (Wildman–Crippen LogP) is 2.14. The number of nitrogens with zero attached hydrogens (tertiary/aromatic N) is 2. The summed E-state index contributed by atoms with van der Waals surface area (Å²) in [6, 6.07) is 9.73. The number of hydrogen-bond acceptors (Lipinski definition) is 4. The van der Waals surface area contributed by atoms with Gasteiger partial charge in [-0.25, -0.2) is 4.98 Å². The molecule has 0 aliphatic rings. The second kappa shape index (κ2) is 5.84. The first kappa shape index (κ1) is 11.4. The van der Waals surface area contributed by atoms with Crippen LogP contribution in [0, 0.1) is 0 Å². The molecule has 4 heteroatoms. The van der Waals surface area contributed by atoms with Crippen molar-refractivity contribution in [1.82, 2.24) is 9.97 Å². The Hall–Kier alpha value is -2.10. The fourth-order valence-electron chi connectivity index (χ4n) is 1.51. The summed E-state index contributed by atoms with van der Waals surface area (Å²) >= 11 is 0. The fourth-order valence-corrected chi connectivity index (χ4v) is 1.51. The van der Waals surface area contributed by atoms with Gasteiger partial charge in [-0.2, -0.15) is 0 Å². The summed E-state index contributed by atoms with van der Waals surface area (Å²) in [4.78, 5) is 8.32. The highest BCUT2D eigenvalue weighted by Gasteiger charge is 1.97. The Bertz CT molecular complexity index is 459. The first-order chi connectivity index (χ1) is 8.38. The van der Waals surface area contributed by atoms with Gasteiger partial charge in [0.05, 0.1) is 7.11 Å². The van der Waals surface area contributed by atoms with Crippen molar-refractivity contribution in [1.29, 1.82) is 0 Å². The summed E-state index contributed by atoms with van der Waals surface area (Å²) in [5.41, 5.74) is 2.09. The largest absolute Gasteiger partial charge is 0.481 e. The Morgan fingerprint density at radius 2 is 2.12 bits per heavy atom. The van der Waals surface area contributed by atoms with Gasteiger partial charge in [-0.3, -0.25) is 4.98 Å². The summed E-state index contributed by atoms with van der Waals surface area (Å²) < 4.78 is 5.06. The van der Waals surface area contributed by atoms with E-state index in [-0.39, 0.29) is 0 Å². The van der Waals surface area contributed by atoms with Gasteiger partial charge in [0, 0.05) is 42.8 Å². The number of pyridine rings is 2. The maximum Gasteiger partial charge on any atom is 0.214 e. The summed E-state index contributed by atoms with van der Waals surface area (Å²) in [6.45, 7) is 0.837. The number of hydrogen-bond donors (Lipinski definition) is 1. The summed E-state index contributed by atoms with van der Waals surface area (Å²) in [5, 5.41) is 3.31. The third-order valence-corrected chi connectivity index (χ3v) is 2.38. The molecule has 0 atom stereocenters. The number of ether oxygens (including phenoxy) is 1. The van der Waals surface area contributed by atoms with Crippen LogP contribution in [0.15, 0.2) is 42.7 Å². The molecule has 0 fully saturated rings. The van der Waals surface area contributed by atoms with Crippen LogP contribution in [-0.4, -0.2) is 23.6 Å². The quantitative estimate of drug-likeness (QED) is 0.853. The molecule has 4 nitrogen and oxygen atoms in total. The Kier molecular flexibility index (Phi) is 3.91. The van der Waals surface area contributed by atoms with Crippen molar-refractivity contribution < 1.29 is 4.74 Å². The van der Waals surface area contributed by atoms with Crippen LogP contribution in [0.5, 0.6) is 5.88 Å². The Morgan fingerprint density at radius 1 is 1.18 bits per heavy atom. The SMILES string of the molecule is COc1cc(NCCc2ccccn2)ccn1. The van der Waals surface area contributed by atoms with Gasteiger partial charge in [-0.15, -0.1) is 0 Å². The van der Waals surface area contributed by atoms with E-state index in [9.17, 15) is 0 Å². The maximum absolute atomic E-state index is 5.06. The Morgan fingerprint density at radius 3 is 2.88 bits per heavy atom. The van der Waals surface area contributed by atoms with E-state index in [1.165, 1.54) is 0 Å². The van der Waals surface area contributed by atoms with Gasteiger partial charge < -0.3 is 10.1 Å².